The summed E-state index contributed by atoms with van der Waals surface area (Å²) in [4.78, 5) is 0. The molecular formula is C38H38O4. The zero-order chi connectivity index (χ0) is 29.1. The third-order valence-electron chi connectivity index (χ3n) is 7.49. The molecule has 0 saturated carbocycles. The van der Waals surface area contributed by atoms with Gasteiger partial charge >= 0.3 is 0 Å². The van der Waals surface area contributed by atoms with E-state index in [0.29, 0.717) is 13.2 Å². The van der Waals surface area contributed by atoms with Crippen LogP contribution in [0.1, 0.15) is 34.7 Å². The van der Waals surface area contributed by atoms with Gasteiger partial charge in [0.05, 0.1) is 26.4 Å². The summed E-state index contributed by atoms with van der Waals surface area (Å²) in [6.07, 6.45) is -0.651. The van der Waals surface area contributed by atoms with Crippen LogP contribution in [0, 0.1) is 0 Å². The molecular weight excluding hydrogens is 520 g/mol. The van der Waals surface area contributed by atoms with Crippen LogP contribution in [0.5, 0.6) is 0 Å². The Morgan fingerprint density at radius 1 is 0.548 bits per heavy atom. The van der Waals surface area contributed by atoms with E-state index >= 15 is 0 Å². The summed E-state index contributed by atoms with van der Waals surface area (Å²) in [5, 5.41) is 12.0. The summed E-state index contributed by atoms with van der Waals surface area (Å²) >= 11 is 0. The van der Waals surface area contributed by atoms with Gasteiger partial charge in [0.2, 0.25) is 0 Å². The molecule has 0 spiro atoms. The first-order valence-corrected chi connectivity index (χ1v) is 14.4. The molecule has 0 radical (unpaired) electrons. The Kier molecular flexibility index (Phi) is 9.96. The molecule has 42 heavy (non-hydrogen) atoms. The average Bonchev–Trinajstić information content (AvgIpc) is 3.05. The lowest BCUT2D eigenvalue weighted by Gasteiger charge is -2.40. The van der Waals surface area contributed by atoms with Crippen molar-refractivity contribution in [1.82, 2.24) is 0 Å². The van der Waals surface area contributed by atoms with Gasteiger partial charge in [0.15, 0.2) is 0 Å². The predicted octanol–water partition coefficient (Wildman–Crippen LogP) is 7.55. The first kappa shape index (κ1) is 29.4. The predicted molar refractivity (Wildman–Crippen MR) is 167 cm³/mol. The van der Waals surface area contributed by atoms with Gasteiger partial charge in [0, 0.05) is 0 Å². The molecule has 0 aliphatic carbocycles. The van der Waals surface area contributed by atoms with Crippen molar-refractivity contribution in [3.8, 4) is 0 Å². The molecule has 5 aromatic rings. The van der Waals surface area contributed by atoms with Crippen molar-refractivity contribution in [2.75, 3.05) is 13.2 Å². The maximum atomic E-state index is 12.0. The van der Waals surface area contributed by atoms with E-state index in [9.17, 15) is 5.11 Å². The van der Waals surface area contributed by atoms with Gasteiger partial charge < -0.3 is 19.3 Å². The van der Waals surface area contributed by atoms with Gasteiger partial charge in [-0.25, -0.2) is 0 Å². The quantitative estimate of drug-likeness (QED) is 0.143. The Morgan fingerprint density at radius 2 is 0.929 bits per heavy atom. The van der Waals surface area contributed by atoms with Crippen LogP contribution >= 0.6 is 0 Å². The molecule has 0 aliphatic heterocycles. The highest BCUT2D eigenvalue weighted by Gasteiger charge is 2.42. The summed E-state index contributed by atoms with van der Waals surface area (Å²) in [5.41, 5.74) is 2.67. The SMILES string of the molecule is C[C@@](O)(COC(c1ccccc1)(c1ccccc1)c1ccccc1)[C@H](COCc1ccccc1)OCc1ccccc1. The molecule has 0 fully saturated rings. The monoisotopic (exact) mass is 558 g/mol. The molecule has 5 rings (SSSR count). The van der Waals surface area contributed by atoms with E-state index in [1.807, 2.05) is 115 Å². The topological polar surface area (TPSA) is 47.9 Å². The highest BCUT2D eigenvalue weighted by atomic mass is 16.6. The lowest BCUT2D eigenvalue weighted by Crippen LogP contribution is -2.50. The minimum absolute atomic E-state index is 0.000163. The number of rotatable bonds is 14. The standard InChI is InChI=1S/C38H38O4/c1-37(39,36(41-28-32-19-9-3-10-20-32)29-40-27-31-17-7-2-8-18-31)30-42-38(33-21-11-4-12-22-33,34-23-13-5-14-24-34)35-25-15-6-16-26-35/h2-26,36,39H,27-30H2,1H3/t36-,37+/m0/s1. The molecule has 0 aliphatic rings. The second-order valence-corrected chi connectivity index (χ2v) is 10.7. The number of hydrogen-bond acceptors (Lipinski definition) is 4. The second-order valence-electron chi connectivity index (χ2n) is 10.7. The maximum Gasteiger partial charge on any atom is 0.143 e. The summed E-state index contributed by atoms with van der Waals surface area (Å²) in [7, 11) is 0. The van der Waals surface area contributed by atoms with Gasteiger partial charge in [-0.1, -0.05) is 152 Å². The average molecular weight is 559 g/mol. The normalized spacial score (nSPS) is 13.8. The van der Waals surface area contributed by atoms with Crippen molar-refractivity contribution >= 4 is 0 Å². The summed E-state index contributed by atoms with van der Waals surface area (Å²) in [6.45, 7) is 2.73. The zero-order valence-electron chi connectivity index (χ0n) is 24.0. The minimum atomic E-state index is -1.38. The van der Waals surface area contributed by atoms with Gasteiger partial charge in [0.25, 0.3) is 0 Å². The largest absolute Gasteiger partial charge is 0.385 e. The van der Waals surface area contributed by atoms with Gasteiger partial charge in [-0.05, 0) is 34.7 Å². The van der Waals surface area contributed by atoms with E-state index in [0.717, 1.165) is 27.8 Å². The van der Waals surface area contributed by atoms with E-state index in [-0.39, 0.29) is 13.2 Å². The first-order chi connectivity index (χ1) is 20.6. The molecule has 0 heterocycles. The molecule has 4 heteroatoms. The van der Waals surface area contributed by atoms with Crippen LogP contribution in [0.15, 0.2) is 152 Å². The summed E-state index contributed by atoms with van der Waals surface area (Å²) in [6, 6.07) is 50.5. The minimum Gasteiger partial charge on any atom is -0.385 e. The molecule has 2 atom stereocenters. The van der Waals surface area contributed by atoms with E-state index in [1.165, 1.54) is 0 Å². The van der Waals surface area contributed by atoms with E-state index in [2.05, 4.69) is 36.4 Å². The first-order valence-electron chi connectivity index (χ1n) is 14.4. The van der Waals surface area contributed by atoms with Gasteiger partial charge in [0.1, 0.15) is 17.3 Å². The fraction of sp³-hybridized carbons (Fsp3) is 0.211. The molecule has 4 nitrogen and oxygen atoms in total. The van der Waals surface area contributed by atoms with Crippen molar-refractivity contribution in [2.45, 2.75) is 37.4 Å². The Bertz CT molecular complexity index is 1360. The Labute approximate surface area is 249 Å². The highest BCUT2D eigenvalue weighted by molar-refractivity contribution is 5.47. The summed E-state index contributed by atoms with van der Waals surface area (Å²) < 4.78 is 19.4. The van der Waals surface area contributed by atoms with Crippen molar-refractivity contribution in [3.63, 3.8) is 0 Å². The maximum absolute atomic E-state index is 12.0. The van der Waals surface area contributed by atoms with Crippen LogP contribution in [-0.2, 0) is 33.0 Å². The number of benzene rings is 5. The Balaban J connectivity index is 1.44. The molecule has 1 N–H and O–H groups in total. The van der Waals surface area contributed by atoms with Crippen LogP contribution in [0.2, 0.25) is 0 Å². The lowest BCUT2D eigenvalue weighted by atomic mass is 9.80. The van der Waals surface area contributed by atoms with Gasteiger partial charge in [-0.15, -0.1) is 0 Å². The molecule has 0 bridgehead atoms. The molecule has 214 valence electrons. The molecule has 0 unspecified atom stereocenters. The van der Waals surface area contributed by atoms with E-state index in [4.69, 9.17) is 14.2 Å². The van der Waals surface area contributed by atoms with Crippen molar-refractivity contribution in [2.24, 2.45) is 0 Å². The van der Waals surface area contributed by atoms with Crippen LogP contribution in [0.3, 0.4) is 0 Å². The Morgan fingerprint density at radius 3 is 1.36 bits per heavy atom. The highest BCUT2D eigenvalue weighted by Crippen LogP contribution is 2.41. The number of hydrogen-bond donors (Lipinski definition) is 1. The Hall–Kier alpha value is -4.06. The fourth-order valence-corrected chi connectivity index (χ4v) is 5.15. The molecule has 0 saturated heterocycles. The number of ether oxygens (including phenoxy) is 3. The van der Waals surface area contributed by atoms with Crippen LogP contribution in [0.25, 0.3) is 0 Å². The fourth-order valence-electron chi connectivity index (χ4n) is 5.15. The van der Waals surface area contributed by atoms with Crippen molar-refractivity contribution in [3.05, 3.63) is 179 Å². The third-order valence-corrected chi connectivity index (χ3v) is 7.49. The summed E-state index contributed by atoms with van der Waals surface area (Å²) in [5.74, 6) is 0. The van der Waals surface area contributed by atoms with E-state index < -0.39 is 17.3 Å². The van der Waals surface area contributed by atoms with Crippen molar-refractivity contribution < 1.29 is 19.3 Å². The smallest absolute Gasteiger partial charge is 0.143 e. The van der Waals surface area contributed by atoms with Crippen LogP contribution in [-0.4, -0.2) is 30.0 Å². The molecule has 5 aromatic carbocycles. The van der Waals surface area contributed by atoms with E-state index in [1.54, 1.807) is 6.92 Å². The van der Waals surface area contributed by atoms with Crippen LogP contribution < -0.4 is 0 Å². The molecule has 0 amide bonds. The number of aliphatic hydroxyl groups is 1. The van der Waals surface area contributed by atoms with Gasteiger partial charge in [-0.3, -0.25) is 0 Å². The lowest BCUT2D eigenvalue weighted by molar-refractivity contribution is -0.175. The zero-order valence-corrected chi connectivity index (χ0v) is 24.0. The second kappa shape index (κ2) is 14.2. The van der Waals surface area contributed by atoms with Crippen LogP contribution in [0.4, 0.5) is 0 Å². The molecule has 0 aromatic heterocycles. The van der Waals surface area contributed by atoms with Gasteiger partial charge in [-0.2, -0.15) is 0 Å². The third kappa shape index (κ3) is 7.22. The van der Waals surface area contributed by atoms with Crippen molar-refractivity contribution in [1.29, 1.82) is 0 Å².